The molecule has 1 amide bonds. The molecule has 1 aliphatic heterocycles. The van der Waals surface area contributed by atoms with E-state index in [9.17, 15) is 4.79 Å². The van der Waals surface area contributed by atoms with Crippen LogP contribution in [0.5, 0.6) is 5.75 Å². The molecule has 138 valence electrons. The van der Waals surface area contributed by atoms with E-state index in [-0.39, 0.29) is 18.1 Å². The lowest BCUT2D eigenvalue weighted by molar-refractivity contribution is -0.133. The molecular formula is C20H31NO3Si. The molecule has 0 aliphatic carbocycles. The van der Waals surface area contributed by atoms with Gasteiger partial charge in [0.05, 0.1) is 13.2 Å². The summed E-state index contributed by atoms with van der Waals surface area (Å²) in [5.41, 5.74) is 2.09. The second-order valence-electron chi connectivity index (χ2n) is 6.92. The van der Waals surface area contributed by atoms with Crippen molar-refractivity contribution in [1.82, 2.24) is 0 Å². The fourth-order valence-corrected chi connectivity index (χ4v) is 6.20. The number of amides is 1. The van der Waals surface area contributed by atoms with Gasteiger partial charge >= 0.3 is 0 Å². The van der Waals surface area contributed by atoms with Crippen LogP contribution in [0.2, 0.25) is 18.1 Å². The van der Waals surface area contributed by atoms with Crippen LogP contribution in [0.1, 0.15) is 34.6 Å². The first-order chi connectivity index (χ1) is 11.9. The maximum atomic E-state index is 12.9. The predicted octanol–water partition coefficient (Wildman–Crippen LogP) is 4.77. The average molecular weight is 362 g/mol. The molecule has 1 aliphatic rings. The normalized spacial score (nSPS) is 20.2. The molecule has 0 spiro atoms. The van der Waals surface area contributed by atoms with Gasteiger partial charge in [0.1, 0.15) is 11.9 Å². The first-order valence-corrected chi connectivity index (χ1v) is 11.7. The van der Waals surface area contributed by atoms with Crippen LogP contribution < -0.4 is 9.64 Å². The molecule has 4 nitrogen and oxygen atoms in total. The largest absolute Gasteiger partial charge is 0.497 e. The van der Waals surface area contributed by atoms with Crippen molar-refractivity contribution >= 4 is 19.9 Å². The van der Waals surface area contributed by atoms with Gasteiger partial charge in [0.25, 0.3) is 5.91 Å². The van der Waals surface area contributed by atoms with Crippen molar-refractivity contribution in [3.8, 4) is 5.75 Å². The van der Waals surface area contributed by atoms with Crippen molar-refractivity contribution in [1.29, 1.82) is 0 Å². The molecule has 0 N–H and O–H groups in total. The Morgan fingerprint density at radius 1 is 1.12 bits per heavy atom. The van der Waals surface area contributed by atoms with Crippen molar-refractivity contribution in [3.05, 3.63) is 35.9 Å². The van der Waals surface area contributed by atoms with Gasteiger partial charge in [-0.05, 0) is 56.2 Å². The Balaban J connectivity index is 2.28. The average Bonchev–Trinajstić information content (AvgIpc) is 2.63. The summed E-state index contributed by atoms with van der Waals surface area (Å²) < 4.78 is 11.7. The number of allylic oxidation sites excluding steroid dienone is 1. The molecule has 2 atom stereocenters. The third kappa shape index (κ3) is 3.98. The van der Waals surface area contributed by atoms with Crippen LogP contribution in [0, 0.1) is 0 Å². The Bertz CT molecular complexity index is 610. The molecule has 1 saturated heterocycles. The topological polar surface area (TPSA) is 38.8 Å². The first-order valence-electron chi connectivity index (χ1n) is 9.21. The smallest absolute Gasteiger partial charge is 0.258 e. The zero-order chi connectivity index (χ0) is 18.6. The Kier molecular flexibility index (Phi) is 6.46. The van der Waals surface area contributed by atoms with Crippen LogP contribution in [0.3, 0.4) is 0 Å². The number of β-lactam (4-membered cyclic amide) rings is 1. The molecule has 0 aromatic heterocycles. The Hall–Kier alpha value is -1.59. The van der Waals surface area contributed by atoms with E-state index in [1.807, 2.05) is 29.2 Å². The monoisotopic (exact) mass is 361 g/mol. The fraction of sp³-hybridized carbons (Fsp3) is 0.550. The number of benzene rings is 1. The van der Waals surface area contributed by atoms with Crippen molar-refractivity contribution in [2.24, 2.45) is 0 Å². The lowest BCUT2D eigenvalue weighted by Crippen LogP contribution is -2.68. The lowest BCUT2D eigenvalue weighted by atomic mass is 9.95. The zero-order valence-electron chi connectivity index (χ0n) is 16.3. The van der Waals surface area contributed by atoms with E-state index in [4.69, 9.17) is 9.16 Å². The van der Waals surface area contributed by atoms with Crippen LogP contribution in [0.4, 0.5) is 5.69 Å². The molecule has 1 heterocycles. The van der Waals surface area contributed by atoms with Crippen LogP contribution >= 0.6 is 0 Å². The van der Waals surface area contributed by atoms with Gasteiger partial charge in [-0.2, -0.15) is 0 Å². The van der Waals surface area contributed by atoms with E-state index in [1.54, 1.807) is 7.11 Å². The fourth-order valence-electron chi connectivity index (χ4n) is 3.42. The summed E-state index contributed by atoms with van der Waals surface area (Å²) >= 11 is 0. The summed E-state index contributed by atoms with van der Waals surface area (Å²) in [6.45, 7) is 10.7. The summed E-state index contributed by atoms with van der Waals surface area (Å²) in [6.07, 6.45) is 1.81. The third-order valence-electron chi connectivity index (χ3n) is 5.25. The number of hydrogen-bond acceptors (Lipinski definition) is 3. The Labute approximate surface area is 152 Å². The molecule has 5 heteroatoms. The quantitative estimate of drug-likeness (QED) is 0.380. The van der Waals surface area contributed by atoms with Crippen LogP contribution in [0.15, 0.2) is 35.9 Å². The number of carbonyl (C=O) groups is 1. The van der Waals surface area contributed by atoms with E-state index < -0.39 is 8.32 Å². The molecule has 1 fully saturated rings. The van der Waals surface area contributed by atoms with Gasteiger partial charge in [0.2, 0.25) is 0 Å². The molecule has 0 radical (unpaired) electrons. The Morgan fingerprint density at radius 2 is 1.68 bits per heavy atom. The summed E-state index contributed by atoms with van der Waals surface area (Å²) in [6, 6.07) is 10.8. The standard InChI is InChI=1S/C20H31NO3Si/c1-7-25(8-2,9-3)24-19-18(14-15(4)5)21(20(19)22)16-10-12-17(23-6)13-11-16/h10-14,18-19H,7-9H2,1-6H3/t18-,19+/m0/s1. The maximum absolute atomic E-state index is 12.9. The van der Waals surface area contributed by atoms with Gasteiger partial charge in [-0.1, -0.05) is 32.4 Å². The van der Waals surface area contributed by atoms with Gasteiger partial charge in [-0.25, -0.2) is 0 Å². The summed E-state index contributed by atoms with van der Waals surface area (Å²) in [5.74, 6) is 0.859. The minimum absolute atomic E-state index is 0.0255. The molecule has 25 heavy (non-hydrogen) atoms. The molecule has 0 saturated carbocycles. The molecule has 0 unspecified atom stereocenters. The highest BCUT2D eigenvalue weighted by Gasteiger charge is 2.50. The minimum atomic E-state index is -1.83. The number of anilines is 1. The van der Waals surface area contributed by atoms with Gasteiger partial charge < -0.3 is 14.1 Å². The highest BCUT2D eigenvalue weighted by Crippen LogP contribution is 2.36. The zero-order valence-corrected chi connectivity index (χ0v) is 17.3. The molecular weight excluding hydrogens is 330 g/mol. The molecule has 1 aromatic carbocycles. The summed E-state index contributed by atoms with van der Waals surface area (Å²) in [5, 5.41) is 0. The van der Waals surface area contributed by atoms with Gasteiger partial charge in [0, 0.05) is 5.69 Å². The molecule has 2 rings (SSSR count). The number of nitrogens with zero attached hydrogens (tertiary/aromatic N) is 1. The van der Waals surface area contributed by atoms with Crippen molar-refractivity contribution in [2.45, 2.75) is 64.9 Å². The first kappa shape index (κ1) is 19.7. The van der Waals surface area contributed by atoms with Gasteiger partial charge in [-0.3, -0.25) is 4.79 Å². The number of methoxy groups -OCH3 is 1. The van der Waals surface area contributed by atoms with Crippen LogP contribution in [0.25, 0.3) is 0 Å². The maximum Gasteiger partial charge on any atom is 0.258 e. The number of rotatable bonds is 8. The number of hydrogen-bond donors (Lipinski definition) is 0. The van der Waals surface area contributed by atoms with E-state index in [0.29, 0.717) is 0 Å². The summed E-state index contributed by atoms with van der Waals surface area (Å²) in [4.78, 5) is 14.7. The Morgan fingerprint density at radius 3 is 2.12 bits per heavy atom. The van der Waals surface area contributed by atoms with Gasteiger partial charge in [-0.15, -0.1) is 0 Å². The number of carbonyl (C=O) groups excluding carboxylic acids is 1. The van der Waals surface area contributed by atoms with Crippen LogP contribution in [-0.4, -0.2) is 33.5 Å². The van der Waals surface area contributed by atoms with E-state index >= 15 is 0 Å². The second-order valence-corrected chi connectivity index (χ2v) is 11.6. The van der Waals surface area contributed by atoms with Crippen molar-refractivity contribution in [3.63, 3.8) is 0 Å². The molecule has 1 aromatic rings. The SMILES string of the molecule is CC[Si](CC)(CC)O[C@H]1C(=O)N(c2ccc(OC)cc2)[C@H]1C=C(C)C. The third-order valence-corrected chi connectivity index (χ3v) is 9.87. The van der Waals surface area contributed by atoms with E-state index in [1.165, 1.54) is 5.57 Å². The van der Waals surface area contributed by atoms with E-state index in [0.717, 1.165) is 29.6 Å². The predicted molar refractivity (Wildman–Crippen MR) is 106 cm³/mol. The number of ether oxygens (including phenoxy) is 1. The van der Waals surface area contributed by atoms with Crippen LogP contribution in [-0.2, 0) is 9.22 Å². The van der Waals surface area contributed by atoms with E-state index in [2.05, 4.69) is 40.7 Å². The minimum Gasteiger partial charge on any atom is -0.497 e. The summed E-state index contributed by atoms with van der Waals surface area (Å²) in [7, 11) is -0.184. The van der Waals surface area contributed by atoms with Gasteiger partial charge in [0.15, 0.2) is 8.32 Å². The molecule has 0 bridgehead atoms. The van der Waals surface area contributed by atoms with Crippen molar-refractivity contribution in [2.75, 3.05) is 12.0 Å². The lowest BCUT2D eigenvalue weighted by Gasteiger charge is -2.49. The highest BCUT2D eigenvalue weighted by atomic mass is 28.4. The highest BCUT2D eigenvalue weighted by molar-refractivity contribution is 6.73. The van der Waals surface area contributed by atoms with Crippen molar-refractivity contribution < 1.29 is 14.0 Å². The second kappa shape index (κ2) is 8.19.